The summed E-state index contributed by atoms with van der Waals surface area (Å²) in [6, 6.07) is 22.2. The van der Waals surface area contributed by atoms with Gasteiger partial charge in [-0.15, -0.1) is 24.8 Å². The van der Waals surface area contributed by atoms with Gasteiger partial charge in [-0.05, 0) is 61.7 Å². The molecule has 0 unspecified atom stereocenters. The number of para-hydroxylation sites is 3. The van der Waals surface area contributed by atoms with E-state index < -0.39 is 0 Å². The number of hydrogen-bond acceptors (Lipinski definition) is 5. The van der Waals surface area contributed by atoms with Gasteiger partial charge in [0.25, 0.3) is 5.56 Å². The first-order valence-corrected chi connectivity index (χ1v) is 13.9. The zero-order valence-corrected chi connectivity index (χ0v) is 25.0. The molecule has 5 aromatic rings. The summed E-state index contributed by atoms with van der Waals surface area (Å²) in [5.74, 6) is 0.567. The standard InChI is InChI=1S/C31H33FN6O2.2ClH/c1-2-36-27-9-5-3-7-25(27)29(39)37(31(36)40)20-19-35-17-15-24(16-18-35)33-30-34-26-8-4-6-10-28(26)38(30)21-22-11-13-23(32)14-12-22;;/h3-14,24H,2,15-21H2,1H3,(H,33,34);2*1H. The molecule has 0 radical (unpaired) electrons. The molecule has 3 aromatic carbocycles. The third kappa shape index (κ3) is 6.23. The van der Waals surface area contributed by atoms with Crippen molar-refractivity contribution < 1.29 is 4.39 Å². The summed E-state index contributed by atoms with van der Waals surface area (Å²) < 4.78 is 18.7. The molecule has 1 fully saturated rings. The van der Waals surface area contributed by atoms with Crippen LogP contribution in [-0.2, 0) is 19.6 Å². The van der Waals surface area contributed by atoms with Crippen LogP contribution in [0.1, 0.15) is 25.3 Å². The molecule has 42 heavy (non-hydrogen) atoms. The number of halogens is 3. The molecule has 0 spiro atoms. The van der Waals surface area contributed by atoms with Crippen LogP contribution in [0.4, 0.5) is 10.3 Å². The van der Waals surface area contributed by atoms with Gasteiger partial charge in [-0.25, -0.2) is 14.2 Å². The van der Waals surface area contributed by atoms with Gasteiger partial charge in [-0.2, -0.15) is 0 Å². The summed E-state index contributed by atoms with van der Waals surface area (Å²) >= 11 is 0. The van der Waals surface area contributed by atoms with E-state index in [0.717, 1.165) is 48.5 Å². The molecule has 1 aliphatic rings. The van der Waals surface area contributed by atoms with Gasteiger partial charge in [0.15, 0.2) is 0 Å². The molecule has 0 amide bonds. The predicted molar refractivity (Wildman–Crippen MR) is 171 cm³/mol. The van der Waals surface area contributed by atoms with E-state index in [4.69, 9.17) is 4.98 Å². The van der Waals surface area contributed by atoms with Gasteiger partial charge in [-0.1, -0.05) is 36.4 Å². The van der Waals surface area contributed by atoms with Crippen LogP contribution in [-0.4, -0.2) is 49.3 Å². The molecule has 2 aromatic heterocycles. The summed E-state index contributed by atoms with van der Waals surface area (Å²) in [5.41, 5.74) is 3.18. The van der Waals surface area contributed by atoms with Crippen molar-refractivity contribution in [1.29, 1.82) is 0 Å². The van der Waals surface area contributed by atoms with Gasteiger partial charge in [0.2, 0.25) is 5.95 Å². The number of anilines is 1. The van der Waals surface area contributed by atoms with Gasteiger partial charge in [-0.3, -0.25) is 13.9 Å². The second kappa shape index (κ2) is 13.5. The molecule has 1 N–H and O–H groups in total. The van der Waals surface area contributed by atoms with Gasteiger partial charge in [0.1, 0.15) is 5.82 Å². The maximum atomic E-state index is 13.5. The second-order valence-corrected chi connectivity index (χ2v) is 10.4. The Morgan fingerprint density at radius 2 is 1.50 bits per heavy atom. The molecule has 6 rings (SSSR count). The Bertz CT molecular complexity index is 1780. The summed E-state index contributed by atoms with van der Waals surface area (Å²) in [6.07, 6.45) is 1.84. The minimum Gasteiger partial charge on any atom is -0.353 e. The quantitative estimate of drug-likeness (QED) is 0.262. The highest BCUT2D eigenvalue weighted by Crippen LogP contribution is 2.24. The molecule has 1 aliphatic heterocycles. The normalized spacial score (nSPS) is 14.0. The molecule has 3 heterocycles. The van der Waals surface area contributed by atoms with E-state index >= 15 is 0 Å². The lowest BCUT2D eigenvalue weighted by molar-refractivity contribution is 0.209. The number of fused-ring (bicyclic) bond motifs is 2. The molecule has 8 nitrogen and oxygen atoms in total. The van der Waals surface area contributed by atoms with E-state index in [9.17, 15) is 14.0 Å². The van der Waals surface area contributed by atoms with Crippen LogP contribution in [0.5, 0.6) is 0 Å². The van der Waals surface area contributed by atoms with Crippen molar-refractivity contribution in [2.45, 2.75) is 45.4 Å². The number of nitrogens with zero attached hydrogens (tertiary/aromatic N) is 5. The van der Waals surface area contributed by atoms with E-state index in [2.05, 4.69) is 20.9 Å². The highest BCUT2D eigenvalue weighted by Gasteiger charge is 2.22. The van der Waals surface area contributed by atoms with Gasteiger partial charge in [0.05, 0.1) is 28.5 Å². The lowest BCUT2D eigenvalue weighted by Gasteiger charge is -2.32. The number of rotatable bonds is 8. The van der Waals surface area contributed by atoms with Gasteiger partial charge >= 0.3 is 5.69 Å². The molecule has 11 heteroatoms. The fraction of sp³-hybridized carbons (Fsp3) is 0.323. The Morgan fingerprint density at radius 1 is 0.833 bits per heavy atom. The fourth-order valence-electron chi connectivity index (χ4n) is 5.72. The zero-order chi connectivity index (χ0) is 27.6. The predicted octanol–water partition coefficient (Wildman–Crippen LogP) is 5.14. The van der Waals surface area contributed by atoms with E-state index in [0.29, 0.717) is 37.1 Å². The van der Waals surface area contributed by atoms with Crippen molar-refractivity contribution >= 4 is 52.7 Å². The highest BCUT2D eigenvalue weighted by atomic mass is 35.5. The lowest BCUT2D eigenvalue weighted by atomic mass is 10.1. The summed E-state index contributed by atoms with van der Waals surface area (Å²) in [4.78, 5) is 33.4. The summed E-state index contributed by atoms with van der Waals surface area (Å²) in [7, 11) is 0. The number of aromatic nitrogens is 4. The van der Waals surface area contributed by atoms with Crippen LogP contribution in [0.15, 0.2) is 82.4 Å². The van der Waals surface area contributed by atoms with Crippen molar-refractivity contribution in [3.05, 3.63) is 105 Å². The largest absolute Gasteiger partial charge is 0.353 e. The van der Waals surface area contributed by atoms with Crippen LogP contribution in [0.2, 0.25) is 0 Å². The average Bonchev–Trinajstić information content (AvgIpc) is 3.32. The summed E-state index contributed by atoms with van der Waals surface area (Å²) in [5, 5.41) is 4.24. The van der Waals surface area contributed by atoms with Crippen molar-refractivity contribution in [1.82, 2.24) is 23.6 Å². The Labute approximate surface area is 255 Å². The lowest BCUT2D eigenvalue weighted by Crippen LogP contribution is -2.45. The monoisotopic (exact) mass is 612 g/mol. The van der Waals surface area contributed by atoms with E-state index in [1.165, 1.54) is 16.7 Å². The minimum absolute atomic E-state index is 0. The maximum Gasteiger partial charge on any atom is 0.331 e. The Balaban J connectivity index is 0.00000202. The minimum atomic E-state index is -0.247. The smallest absolute Gasteiger partial charge is 0.331 e. The fourth-order valence-corrected chi connectivity index (χ4v) is 5.72. The third-order valence-electron chi connectivity index (χ3n) is 7.92. The van der Waals surface area contributed by atoms with Crippen molar-refractivity contribution in [3.63, 3.8) is 0 Å². The molecular weight excluding hydrogens is 578 g/mol. The number of nitrogens with one attached hydrogen (secondary N) is 1. The first-order valence-electron chi connectivity index (χ1n) is 13.9. The van der Waals surface area contributed by atoms with E-state index in [1.54, 1.807) is 10.6 Å². The van der Waals surface area contributed by atoms with Crippen molar-refractivity contribution in [2.75, 3.05) is 25.0 Å². The molecule has 0 saturated carbocycles. The van der Waals surface area contributed by atoms with E-state index in [1.807, 2.05) is 55.5 Å². The number of imidazole rings is 1. The Morgan fingerprint density at radius 3 is 2.21 bits per heavy atom. The highest BCUT2D eigenvalue weighted by molar-refractivity contribution is 5.85. The molecule has 1 saturated heterocycles. The number of likely N-dealkylation sites (tertiary alicyclic amines) is 1. The Kier molecular flexibility index (Phi) is 10.1. The third-order valence-corrected chi connectivity index (χ3v) is 7.92. The van der Waals surface area contributed by atoms with Crippen LogP contribution in [0, 0.1) is 5.82 Å². The van der Waals surface area contributed by atoms with Crippen LogP contribution in [0.25, 0.3) is 21.9 Å². The SMILES string of the molecule is CCn1c(=O)n(CCN2CCC(Nc3nc4ccccc4n3Cc3ccc(F)cc3)CC2)c(=O)c2ccccc21.Cl.Cl. The second-order valence-electron chi connectivity index (χ2n) is 10.4. The van der Waals surface area contributed by atoms with Crippen LogP contribution >= 0.6 is 24.8 Å². The molecule has 0 atom stereocenters. The molecular formula is C31H35Cl2FN6O2. The molecule has 0 bridgehead atoms. The Hall–Kier alpha value is -3.66. The van der Waals surface area contributed by atoms with Crippen LogP contribution in [0.3, 0.4) is 0 Å². The van der Waals surface area contributed by atoms with E-state index in [-0.39, 0.29) is 47.9 Å². The maximum absolute atomic E-state index is 13.5. The molecule has 222 valence electrons. The number of piperidine rings is 1. The first kappa shape index (κ1) is 31.3. The zero-order valence-electron chi connectivity index (χ0n) is 23.4. The topological polar surface area (TPSA) is 77.1 Å². The molecule has 0 aliphatic carbocycles. The number of hydrogen-bond donors (Lipinski definition) is 1. The van der Waals surface area contributed by atoms with Crippen LogP contribution < -0.4 is 16.6 Å². The number of aryl methyl sites for hydroxylation is 1. The van der Waals surface area contributed by atoms with Gasteiger partial charge in [0, 0.05) is 38.8 Å². The van der Waals surface area contributed by atoms with Crippen molar-refractivity contribution in [2.24, 2.45) is 0 Å². The van der Waals surface area contributed by atoms with Crippen molar-refractivity contribution in [3.8, 4) is 0 Å². The number of benzene rings is 3. The van der Waals surface area contributed by atoms with Gasteiger partial charge < -0.3 is 14.8 Å². The average molecular weight is 614 g/mol. The first-order chi connectivity index (χ1) is 19.5. The summed E-state index contributed by atoms with van der Waals surface area (Å²) in [6.45, 7) is 5.77.